The van der Waals surface area contributed by atoms with Crippen molar-refractivity contribution in [3.8, 4) is 6.07 Å². The first-order chi connectivity index (χ1) is 10.6. The molecule has 0 bridgehead atoms. The van der Waals surface area contributed by atoms with Crippen LogP contribution >= 0.6 is 23.4 Å². The fourth-order valence-corrected chi connectivity index (χ4v) is 3.29. The second-order valence-electron chi connectivity index (χ2n) is 5.37. The van der Waals surface area contributed by atoms with E-state index in [4.69, 9.17) is 11.6 Å². The maximum atomic E-state index is 9.52. The first-order valence-corrected chi connectivity index (χ1v) is 8.36. The maximum Gasteiger partial charge on any atom is 0.0735 e. The van der Waals surface area contributed by atoms with E-state index in [1.165, 1.54) is 0 Å². The highest BCUT2D eigenvalue weighted by molar-refractivity contribution is 7.99. The molecule has 2 aromatic carbocycles. The first kappa shape index (κ1) is 16.9. The van der Waals surface area contributed by atoms with E-state index in [9.17, 15) is 5.26 Å². The summed E-state index contributed by atoms with van der Waals surface area (Å²) < 4.78 is 0. The van der Waals surface area contributed by atoms with Gasteiger partial charge in [0.1, 0.15) is 0 Å². The van der Waals surface area contributed by atoms with Crippen molar-refractivity contribution in [3.05, 3.63) is 59.1 Å². The van der Waals surface area contributed by atoms with E-state index < -0.39 is 0 Å². The molecule has 0 spiro atoms. The highest BCUT2D eigenvalue weighted by Gasteiger charge is 2.15. The summed E-state index contributed by atoms with van der Waals surface area (Å²) in [6, 6.07) is 18.4. The molecule has 2 aromatic rings. The zero-order valence-electron chi connectivity index (χ0n) is 12.8. The van der Waals surface area contributed by atoms with E-state index in [-0.39, 0.29) is 5.92 Å². The Morgan fingerprint density at radius 1 is 1.14 bits per heavy atom. The van der Waals surface area contributed by atoms with Gasteiger partial charge in [0.05, 0.1) is 12.0 Å². The number of halogens is 1. The van der Waals surface area contributed by atoms with E-state index in [1.807, 2.05) is 50.5 Å². The highest BCUT2D eigenvalue weighted by Crippen LogP contribution is 2.35. The van der Waals surface area contributed by atoms with Crippen molar-refractivity contribution < 1.29 is 0 Å². The number of benzene rings is 2. The molecule has 22 heavy (non-hydrogen) atoms. The summed E-state index contributed by atoms with van der Waals surface area (Å²) in [4.78, 5) is 4.37. The summed E-state index contributed by atoms with van der Waals surface area (Å²) in [5.74, 6) is -0.0848. The van der Waals surface area contributed by atoms with Gasteiger partial charge in [0.2, 0.25) is 0 Å². The minimum Gasteiger partial charge on any atom is -0.309 e. The Labute approximate surface area is 141 Å². The van der Waals surface area contributed by atoms with Crippen LogP contribution in [0.5, 0.6) is 0 Å². The third kappa shape index (κ3) is 4.78. The normalized spacial score (nSPS) is 12.1. The van der Waals surface area contributed by atoms with Crippen LogP contribution in [0.25, 0.3) is 0 Å². The summed E-state index contributed by atoms with van der Waals surface area (Å²) in [5, 5.41) is 10.3. The Bertz CT molecular complexity index is 647. The van der Waals surface area contributed by atoms with Crippen molar-refractivity contribution in [1.29, 1.82) is 5.26 Å². The number of hydrogen-bond acceptors (Lipinski definition) is 3. The molecule has 0 aliphatic heterocycles. The van der Waals surface area contributed by atoms with Crippen molar-refractivity contribution >= 4 is 23.4 Å². The lowest BCUT2D eigenvalue weighted by Crippen LogP contribution is -2.15. The lowest BCUT2D eigenvalue weighted by molar-refractivity contribution is 0.393. The molecular weight excluding hydrogens is 312 g/mol. The molecule has 0 aliphatic rings. The molecule has 2 rings (SSSR count). The Balaban J connectivity index is 2.21. The lowest BCUT2D eigenvalue weighted by Gasteiger charge is -2.16. The van der Waals surface area contributed by atoms with Gasteiger partial charge in [0.25, 0.3) is 0 Å². The standard InChI is InChI=1S/C18H19ClN2S/c1-21(2)12-11-14(13-20)17-5-3-4-6-18(17)22-16-9-7-15(19)8-10-16/h3-10,14H,11-12H2,1-2H3/t14-/m1/s1. The van der Waals surface area contributed by atoms with E-state index in [0.717, 1.165) is 33.3 Å². The van der Waals surface area contributed by atoms with Gasteiger partial charge in [-0.3, -0.25) is 0 Å². The molecule has 4 heteroatoms. The van der Waals surface area contributed by atoms with Crippen LogP contribution in [-0.4, -0.2) is 25.5 Å². The van der Waals surface area contributed by atoms with E-state index in [2.05, 4.69) is 23.1 Å². The van der Waals surface area contributed by atoms with Gasteiger partial charge in [-0.1, -0.05) is 41.6 Å². The Morgan fingerprint density at radius 2 is 1.82 bits per heavy atom. The molecule has 0 heterocycles. The van der Waals surface area contributed by atoms with Crippen LogP contribution in [0.3, 0.4) is 0 Å². The van der Waals surface area contributed by atoms with Crippen molar-refractivity contribution in [2.24, 2.45) is 0 Å². The van der Waals surface area contributed by atoms with Crippen LogP contribution in [-0.2, 0) is 0 Å². The van der Waals surface area contributed by atoms with Crippen LogP contribution in [0.4, 0.5) is 0 Å². The predicted octanol–water partition coefficient (Wildman–Crippen LogP) is 5.05. The number of nitriles is 1. The van der Waals surface area contributed by atoms with Gasteiger partial charge in [-0.25, -0.2) is 0 Å². The average molecular weight is 331 g/mol. The largest absolute Gasteiger partial charge is 0.309 e. The molecule has 0 fully saturated rings. The number of rotatable bonds is 6. The molecule has 0 amide bonds. The van der Waals surface area contributed by atoms with Crippen LogP contribution in [0.15, 0.2) is 58.3 Å². The summed E-state index contributed by atoms with van der Waals surface area (Å²) in [7, 11) is 4.06. The monoisotopic (exact) mass is 330 g/mol. The summed E-state index contributed by atoms with van der Waals surface area (Å²) in [6.07, 6.45) is 0.835. The van der Waals surface area contributed by atoms with Gasteiger partial charge in [-0.05, 0) is 63.0 Å². The van der Waals surface area contributed by atoms with Gasteiger partial charge >= 0.3 is 0 Å². The molecule has 1 atom stereocenters. The molecule has 2 nitrogen and oxygen atoms in total. The van der Waals surface area contributed by atoms with Crippen molar-refractivity contribution in [2.75, 3.05) is 20.6 Å². The van der Waals surface area contributed by atoms with E-state index >= 15 is 0 Å². The van der Waals surface area contributed by atoms with Crippen LogP contribution in [0.1, 0.15) is 17.9 Å². The van der Waals surface area contributed by atoms with Gasteiger partial charge in [-0.2, -0.15) is 5.26 Å². The fourth-order valence-electron chi connectivity index (χ4n) is 2.17. The van der Waals surface area contributed by atoms with Crippen molar-refractivity contribution in [1.82, 2.24) is 4.90 Å². The molecule has 0 N–H and O–H groups in total. The number of hydrogen-bond donors (Lipinski definition) is 0. The van der Waals surface area contributed by atoms with Gasteiger partial charge in [-0.15, -0.1) is 0 Å². The molecular formula is C18H19ClN2S. The minimum atomic E-state index is -0.0848. The van der Waals surface area contributed by atoms with Crippen LogP contribution < -0.4 is 0 Å². The Morgan fingerprint density at radius 3 is 2.45 bits per heavy atom. The van der Waals surface area contributed by atoms with Crippen LogP contribution in [0, 0.1) is 11.3 Å². The summed E-state index contributed by atoms with van der Waals surface area (Å²) >= 11 is 7.61. The first-order valence-electron chi connectivity index (χ1n) is 7.17. The molecule has 0 aromatic heterocycles. The Hall–Kier alpha value is -1.47. The third-order valence-electron chi connectivity index (χ3n) is 3.36. The van der Waals surface area contributed by atoms with Crippen LogP contribution in [0.2, 0.25) is 5.02 Å². The average Bonchev–Trinajstić information content (AvgIpc) is 2.51. The van der Waals surface area contributed by atoms with Crippen molar-refractivity contribution in [2.45, 2.75) is 22.1 Å². The molecule has 0 unspecified atom stereocenters. The molecule has 0 saturated carbocycles. The third-order valence-corrected chi connectivity index (χ3v) is 4.71. The fraction of sp³-hybridized carbons (Fsp3) is 0.278. The zero-order chi connectivity index (χ0) is 15.9. The van der Waals surface area contributed by atoms with Gasteiger partial charge < -0.3 is 4.90 Å². The van der Waals surface area contributed by atoms with E-state index in [1.54, 1.807) is 11.8 Å². The van der Waals surface area contributed by atoms with Gasteiger partial charge in [0, 0.05) is 14.8 Å². The zero-order valence-corrected chi connectivity index (χ0v) is 14.4. The quantitative estimate of drug-likeness (QED) is 0.741. The molecule has 0 radical (unpaired) electrons. The summed E-state index contributed by atoms with van der Waals surface area (Å²) in [5.41, 5.74) is 1.10. The predicted molar refractivity (Wildman–Crippen MR) is 93.5 cm³/mol. The second-order valence-corrected chi connectivity index (χ2v) is 6.92. The molecule has 0 saturated heterocycles. The van der Waals surface area contributed by atoms with E-state index in [0.29, 0.717) is 0 Å². The minimum absolute atomic E-state index is 0.0848. The topological polar surface area (TPSA) is 27.0 Å². The Kier molecular flexibility index (Phi) is 6.33. The molecule has 114 valence electrons. The molecule has 0 aliphatic carbocycles. The SMILES string of the molecule is CN(C)CC[C@H](C#N)c1ccccc1Sc1ccc(Cl)cc1. The van der Waals surface area contributed by atoms with Crippen molar-refractivity contribution in [3.63, 3.8) is 0 Å². The second kappa shape index (κ2) is 8.24. The van der Waals surface area contributed by atoms with Gasteiger partial charge in [0.15, 0.2) is 0 Å². The lowest BCUT2D eigenvalue weighted by atomic mass is 9.97. The smallest absolute Gasteiger partial charge is 0.0735 e. The maximum absolute atomic E-state index is 9.52. The highest BCUT2D eigenvalue weighted by atomic mass is 35.5. The number of nitrogens with zero attached hydrogens (tertiary/aromatic N) is 2. The summed E-state index contributed by atoms with van der Waals surface area (Å²) in [6.45, 7) is 0.901.